The molecule has 0 spiro atoms. The van der Waals surface area contributed by atoms with Gasteiger partial charge in [0.1, 0.15) is 18.0 Å². The van der Waals surface area contributed by atoms with E-state index in [0.29, 0.717) is 25.7 Å². The molecule has 1 saturated carbocycles. The van der Waals surface area contributed by atoms with Gasteiger partial charge >= 0.3 is 5.97 Å². The maximum absolute atomic E-state index is 10.6. The predicted molar refractivity (Wildman–Crippen MR) is 113 cm³/mol. The largest absolute Gasteiger partial charge is 0.487 e. The number of ether oxygens (including phenoxy) is 1. The number of para-hydroxylation sites is 1. The van der Waals surface area contributed by atoms with Gasteiger partial charge in [0, 0.05) is 18.8 Å². The quantitative estimate of drug-likeness (QED) is 0.364. The zero-order valence-electron chi connectivity index (χ0n) is 17.1. The van der Waals surface area contributed by atoms with Crippen LogP contribution in [0, 0.1) is 11.8 Å². The third kappa shape index (κ3) is 5.94. The standard InChI is InChI=1S/C24H32O6/c25-19(23-14-11-16-7-5-6-9-22(16)30-23)13-12-18-17(20(26)15-21(18)27)8-3-1-2-4-10-24(28)29/h1,3,5-7,9,12-13,17-21,23,25-27H,2,4,8,10-11,14-15H2,(H,28,29)/b3-1-,13-12+/t17-,18?,19-,20+,21-,23+/m1/s1. The molecule has 6 atom stereocenters. The molecule has 6 heteroatoms. The third-order valence-corrected chi connectivity index (χ3v) is 6.11. The Morgan fingerprint density at radius 3 is 2.80 bits per heavy atom. The maximum Gasteiger partial charge on any atom is 0.303 e. The predicted octanol–water partition coefficient (Wildman–Crippen LogP) is 2.86. The third-order valence-electron chi connectivity index (χ3n) is 6.11. The Kier molecular flexibility index (Phi) is 8.08. The number of fused-ring (bicyclic) bond motifs is 1. The molecular formula is C24H32O6. The fourth-order valence-electron chi connectivity index (χ4n) is 4.40. The molecule has 0 aromatic heterocycles. The minimum atomic E-state index is -0.799. The first kappa shape index (κ1) is 22.5. The summed E-state index contributed by atoms with van der Waals surface area (Å²) in [5.74, 6) is -0.364. The number of rotatable bonds is 9. The highest BCUT2D eigenvalue weighted by Crippen LogP contribution is 2.37. The molecule has 1 heterocycles. The Bertz CT molecular complexity index is 758. The summed E-state index contributed by atoms with van der Waals surface area (Å²) >= 11 is 0. The van der Waals surface area contributed by atoms with Crippen LogP contribution in [0.3, 0.4) is 0 Å². The number of aliphatic hydroxyl groups excluding tert-OH is 3. The van der Waals surface area contributed by atoms with Crippen molar-refractivity contribution in [1.29, 1.82) is 0 Å². The summed E-state index contributed by atoms with van der Waals surface area (Å²) < 4.78 is 5.94. The van der Waals surface area contributed by atoms with Crippen LogP contribution in [-0.2, 0) is 11.2 Å². The van der Waals surface area contributed by atoms with Gasteiger partial charge in [-0.2, -0.15) is 0 Å². The van der Waals surface area contributed by atoms with Crippen molar-refractivity contribution in [2.24, 2.45) is 11.8 Å². The van der Waals surface area contributed by atoms with Gasteiger partial charge in [0.25, 0.3) is 0 Å². The SMILES string of the molecule is O=C(O)CCC/C=C\C[C@@H]1C(/C=C/[C@@H](O)[C@@H]2CCc3ccccc3O2)[C@H](O)C[C@@H]1O. The topological polar surface area (TPSA) is 107 Å². The lowest BCUT2D eigenvalue weighted by Crippen LogP contribution is -2.34. The highest BCUT2D eigenvalue weighted by molar-refractivity contribution is 5.66. The number of benzene rings is 1. The number of allylic oxidation sites excluding steroid dienone is 2. The van der Waals surface area contributed by atoms with Crippen molar-refractivity contribution in [3.63, 3.8) is 0 Å². The van der Waals surface area contributed by atoms with Gasteiger partial charge in [-0.1, -0.05) is 42.5 Å². The summed E-state index contributed by atoms with van der Waals surface area (Å²) in [7, 11) is 0. The monoisotopic (exact) mass is 416 g/mol. The summed E-state index contributed by atoms with van der Waals surface area (Å²) in [5.41, 5.74) is 1.15. The molecule has 1 unspecified atom stereocenters. The number of aryl methyl sites for hydroxylation is 1. The highest BCUT2D eigenvalue weighted by Gasteiger charge is 2.39. The second kappa shape index (κ2) is 10.8. The lowest BCUT2D eigenvalue weighted by molar-refractivity contribution is -0.137. The van der Waals surface area contributed by atoms with E-state index >= 15 is 0 Å². The molecule has 0 saturated heterocycles. The lowest BCUT2D eigenvalue weighted by Gasteiger charge is -2.28. The van der Waals surface area contributed by atoms with Crippen molar-refractivity contribution in [3.05, 3.63) is 54.1 Å². The van der Waals surface area contributed by atoms with Gasteiger partial charge in [-0.05, 0) is 49.7 Å². The van der Waals surface area contributed by atoms with Gasteiger partial charge in [-0.25, -0.2) is 0 Å². The summed E-state index contributed by atoms with van der Waals surface area (Å²) in [6.07, 6.45) is 8.93. The first-order chi connectivity index (χ1) is 14.5. The molecule has 1 aliphatic carbocycles. The second-order valence-electron chi connectivity index (χ2n) is 8.28. The number of carboxylic acid groups (broad SMARTS) is 1. The fourth-order valence-corrected chi connectivity index (χ4v) is 4.40. The molecule has 164 valence electrons. The molecule has 4 N–H and O–H groups in total. The van der Waals surface area contributed by atoms with Crippen molar-refractivity contribution in [3.8, 4) is 5.75 Å². The Labute approximate surface area is 177 Å². The van der Waals surface area contributed by atoms with E-state index in [0.717, 1.165) is 24.2 Å². The molecule has 0 bridgehead atoms. The van der Waals surface area contributed by atoms with E-state index in [1.807, 2.05) is 42.5 Å². The summed E-state index contributed by atoms with van der Waals surface area (Å²) in [4.78, 5) is 10.5. The molecule has 1 aliphatic heterocycles. The van der Waals surface area contributed by atoms with Gasteiger partial charge in [-0.3, -0.25) is 4.79 Å². The van der Waals surface area contributed by atoms with Crippen LogP contribution in [0.25, 0.3) is 0 Å². The minimum Gasteiger partial charge on any atom is -0.487 e. The van der Waals surface area contributed by atoms with Crippen molar-refractivity contribution in [2.45, 2.75) is 69.4 Å². The van der Waals surface area contributed by atoms with E-state index in [1.165, 1.54) is 0 Å². The summed E-state index contributed by atoms with van der Waals surface area (Å²) in [6, 6.07) is 7.84. The number of aliphatic carboxylic acids is 1. The molecule has 30 heavy (non-hydrogen) atoms. The smallest absolute Gasteiger partial charge is 0.303 e. The number of aliphatic hydroxyl groups is 3. The molecule has 3 rings (SSSR count). The molecule has 1 fully saturated rings. The molecule has 0 radical (unpaired) electrons. The van der Waals surface area contributed by atoms with Crippen LogP contribution in [0.2, 0.25) is 0 Å². The average Bonchev–Trinajstić information content (AvgIpc) is 3.00. The molecule has 1 aromatic rings. The van der Waals surface area contributed by atoms with Crippen LogP contribution in [0.5, 0.6) is 5.75 Å². The van der Waals surface area contributed by atoms with Crippen molar-refractivity contribution >= 4 is 5.97 Å². The van der Waals surface area contributed by atoms with E-state index in [-0.39, 0.29) is 24.4 Å². The number of hydrogen-bond acceptors (Lipinski definition) is 5. The number of carbonyl (C=O) groups is 1. The van der Waals surface area contributed by atoms with E-state index < -0.39 is 24.3 Å². The second-order valence-corrected chi connectivity index (χ2v) is 8.28. The Morgan fingerprint density at radius 1 is 1.20 bits per heavy atom. The molecular weight excluding hydrogens is 384 g/mol. The Hall–Kier alpha value is -2.15. The Morgan fingerprint density at radius 2 is 2.00 bits per heavy atom. The van der Waals surface area contributed by atoms with Crippen LogP contribution in [-0.4, -0.2) is 50.8 Å². The van der Waals surface area contributed by atoms with Crippen LogP contribution in [0.4, 0.5) is 0 Å². The zero-order valence-corrected chi connectivity index (χ0v) is 17.1. The first-order valence-electron chi connectivity index (χ1n) is 10.8. The van der Waals surface area contributed by atoms with E-state index in [1.54, 1.807) is 6.08 Å². The van der Waals surface area contributed by atoms with Gasteiger partial charge in [-0.15, -0.1) is 0 Å². The van der Waals surface area contributed by atoms with E-state index in [2.05, 4.69) is 0 Å². The van der Waals surface area contributed by atoms with E-state index in [4.69, 9.17) is 9.84 Å². The lowest BCUT2D eigenvalue weighted by atomic mass is 9.89. The number of hydrogen-bond donors (Lipinski definition) is 4. The molecule has 1 aromatic carbocycles. The van der Waals surface area contributed by atoms with Crippen molar-refractivity contribution in [1.82, 2.24) is 0 Å². The van der Waals surface area contributed by atoms with Crippen LogP contribution >= 0.6 is 0 Å². The van der Waals surface area contributed by atoms with Gasteiger partial charge in [0.2, 0.25) is 0 Å². The zero-order chi connectivity index (χ0) is 21.5. The maximum atomic E-state index is 10.6. The summed E-state index contributed by atoms with van der Waals surface area (Å²) in [5, 5.41) is 40.0. The molecule has 6 nitrogen and oxygen atoms in total. The normalized spacial score (nSPS) is 29.8. The summed E-state index contributed by atoms with van der Waals surface area (Å²) in [6.45, 7) is 0. The Balaban J connectivity index is 1.54. The fraction of sp³-hybridized carbons (Fsp3) is 0.542. The van der Waals surface area contributed by atoms with Crippen molar-refractivity contribution < 1.29 is 30.0 Å². The van der Waals surface area contributed by atoms with Crippen LogP contribution in [0.15, 0.2) is 48.6 Å². The van der Waals surface area contributed by atoms with E-state index in [9.17, 15) is 20.1 Å². The molecule has 2 aliphatic rings. The van der Waals surface area contributed by atoms with Crippen LogP contribution < -0.4 is 4.74 Å². The average molecular weight is 417 g/mol. The van der Waals surface area contributed by atoms with Gasteiger partial charge < -0.3 is 25.2 Å². The first-order valence-corrected chi connectivity index (χ1v) is 10.8. The highest BCUT2D eigenvalue weighted by atomic mass is 16.5. The van der Waals surface area contributed by atoms with Crippen LogP contribution in [0.1, 0.15) is 44.1 Å². The molecule has 0 amide bonds. The van der Waals surface area contributed by atoms with Gasteiger partial charge in [0.05, 0.1) is 12.2 Å². The van der Waals surface area contributed by atoms with Crippen molar-refractivity contribution in [2.75, 3.05) is 0 Å². The number of unbranched alkanes of at least 4 members (excludes halogenated alkanes) is 1. The number of carboxylic acids is 1. The minimum absolute atomic E-state index is 0.132. The van der Waals surface area contributed by atoms with Gasteiger partial charge in [0.15, 0.2) is 0 Å².